The van der Waals surface area contributed by atoms with E-state index in [4.69, 9.17) is 4.42 Å². The van der Waals surface area contributed by atoms with Gasteiger partial charge in [0, 0.05) is 12.1 Å². The van der Waals surface area contributed by atoms with Gasteiger partial charge in [0.05, 0.1) is 30.1 Å². The minimum Gasteiger partial charge on any atom is -0.467 e. The van der Waals surface area contributed by atoms with Crippen molar-refractivity contribution in [2.75, 3.05) is 22.6 Å². The fourth-order valence-electron chi connectivity index (χ4n) is 4.17. The Morgan fingerprint density at radius 1 is 1.23 bits per heavy atom. The lowest BCUT2D eigenvalue weighted by Crippen LogP contribution is -2.49. The van der Waals surface area contributed by atoms with E-state index < -0.39 is 9.84 Å². The Morgan fingerprint density at radius 2 is 2.07 bits per heavy atom. The molecular weight excluding hydrogens is 444 g/mol. The van der Waals surface area contributed by atoms with Gasteiger partial charge in [-0.3, -0.25) is 4.79 Å². The van der Waals surface area contributed by atoms with Gasteiger partial charge < -0.3 is 14.6 Å². The van der Waals surface area contributed by atoms with Crippen LogP contribution >= 0.6 is 23.1 Å². The van der Waals surface area contributed by atoms with E-state index in [-0.39, 0.29) is 35.2 Å². The van der Waals surface area contributed by atoms with Crippen LogP contribution in [0.15, 0.2) is 27.2 Å². The molecule has 8 nitrogen and oxygen atoms in total. The summed E-state index contributed by atoms with van der Waals surface area (Å²) in [5.74, 6) is 1.35. The molecule has 11 heteroatoms. The van der Waals surface area contributed by atoms with Gasteiger partial charge in [-0.05, 0) is 31.4 Å². The molecule has 0 bridgehead atoms. The molecule has 0 aromatic carbocycles. The zero-order chi connectivity index (χ0) is 21.0. The van der Waals surface area contributed by atoms with Gasteiger partial charge in [-0.2, -0.15) is 0 Å². The van der Waals surface area contributed by atoms with Gasteiger partial charge in [0.15, 0.2) is 14.2 Å². The van der Waals surface area contributed by atoms with Crippen molar-refractivity contribution in [3.05, 3.63) is 24.2 Å². The highest BCUT2D eigenvalue weighted by Gasteiger charge is 2.38. The Bertz CT molecular complexity index is 939. The quantitative estimate of drug-likeness (QED) is 0.587. The average molecular weight is 471 g/mol. The third-order valence-corrected chi connectivity index (χ3v) is 9.33. The van der Waals surface area contributed by atoms with Crippen molar-refractivity contribution in [3.8, 4) is 0 Å². The Kier molecular flexibility index (Phi) is 6.99. The Hall–Kier alpha value is -1.59. The molecule has 1 aliphatic heterocycles. The molecule has 2 aliphatic rings. The van der Waals surface area contributed by atoms with Crippen LogP contribution in [0, 0.1) is 0 Å². The molecular formula is C19H26N4O4S3. The van der Waals surface area contributed by atoms with Crippen molar-refractivity contribution < 1.29 is 17.6 Å². The number of thioether (sulfide) groups is 1. The third kappa shape index (κ3) is 5.55. The number of nitrogens with one attached hydrogen (secondary N) is 1. The van der Waals surface area contributed by atoms with Gasteiger partial charge in [-0.15, -0.1) is 10.2 Å². The van der Waals surface area contributed by atoms with Gasteiger partial charge in [-0.25, -0.2) is 8.42 Å². The highest BCUT2D eigenvalue weighted by atomic mass is 32.2. The number of amides is 1. The standard InChI is InChI=1S/C19H26N4O4S3/c24-17(12-28-19-22-21-18(29-19)20-11-16-7-4-9-27-16)23(14-5-2-1-3-6-14)15-8-10-30(25,26)13-15/h4,7,9,14-15H,1-3,5-6,8,10-13H2,(H,20,21)/t15-/m0/s1. The number of nitrogens with zero attached hydrogens (tertiary/aromatic N) is 3. The van der Waals surface area contributed by atoms with Crippen LogP contribution < -0.4 is 5.32 Å². The molecule has 2 aromatic rings. The van der Waals surface area contributed by atoms with E-state index in [9.17, 15) is 13.2 Å². The second kappa shape index (κ2) is 9.69. The molecule has 1 atom stereocenters. The first-order chi connectivity index (χ1) is 14.5. The molecule has 1 saturated carbocycles. The molecule has 2 fully saturated rings. The normalized spacial score (nSPS) is 21.5. The Balaban J connectivity index is 1.35. The number of aromatic nitrogens is 2. The van der Waals surface area contributed by atoms with Gasteiger partial charge in [0.1, 0.15) is 5.76 Å². The van der Waals surface area contributed by atoms with Crippen LogP contribution in [-0.4, -0.2) is 58.8 Å². The minimum absolute atomic E-state index is 0.00861. The monoisotopic (exact) mass is 470 g/mol. The van der Waals surface area contributed by atoms with E-state index in [1.807, 2.05) is 17.0 Å². The van der Waals surface area contributed by atoms with Crippen LogP contribution in [0.5, 0.6) is 0 Å². The summed E-state index contributed by atoms with van der Waals surface area (Å²) in [4.78, 5) is 15.0. The summed E-state index contributed by atoms with van der Waals surface area (Å²) < 4.78 is 30.0. The first-order valence-electron chi connectivity index (χ1n) is 10.2. The number of carbonyl (C=O) groups is 1. The van der Waals surface area contributed by atoms with Crippen molar-refractivity contribution in [1.29, 1.82) is 0 Å². The Labute approximate surface area is 184 Å². The first-order valence-corrected chi connectivity index (χ1v) is 13.9. The van der Waals surface area contributed by atoms with Crippen molar-refractivity contribution in [3.63, 3.8) is 0 Å². The summed E-state index contributed by atoms with van der Waals surface area (Å²) >= 11 is 2.76. The number of rotatable bonds is 8. The van der Waals surface area contributed by atoms with Gasteiger partial charge >= 0.3 is 0 Å². The molecule has 1 amide bonds. The van der Waals surface area contributed by atoms with Crippen LogP contribution in [0.2, 0.25) is 0 Å². The zero-order valence-electron chi connectivity index (χ0n) is 16.7. The number of sulfone groups is 1. The van der Waals surface area contributed by atoms with Crippen molar-refractivity contribution in [2.45, 2.75) is 61.5 Å². The van der Waals surface area contributed by atoms with E-state index >= 15 is 0 Å². The fraction of sp³-hybridized carbons (Fsp3) is 0.632. The third-order valence-electron chi connectivity index (χ3n) is 5.58. The van der Waals surface area contributed by atoms with Crippen LogP contribution in [0.3, 0.4) is 0 Å². The second-order valence-electron chi connectivity index (χ2n) is 7.74. The summed E-state index contributed by atoms with van der Waals surface area (Å²) in [6.45, 7) is 0.525. The SMILES string of the molecule is O=C(CSc1nnc(NCc2ccco2)s1)N(C1CCCCC1)[C@H]1CCS(=O)(=O)C1. The highest BCUT2D eigenvalue weighted by molar-refractivity contribution is 8.01. The molecule has 0 spiro atoms. The maximum Gasteiger partial charge on any atom is 0.233 e. The van der Waals surface area contributed by atoms with E-state index in [1.54, 1.807) is 6.26 Å². The molecule has 3 heterocycles. The molecule has 1 aliphatic carbocycles. The molecule has 0 radical (unpaired) electrons. The van der Waals surface area contributed by atoms with Crippen molar-refractivity contribution in [1.82, 2.24) is 15.1 Å². The molecule has 4 rings (SSSR count). The topological polar surface area (TPSA) is 105 Å². The lowest BCUT2D eigenvalue weighted by Gasteiger charge is -2.38. The fourth-order valence-corrected chi connectivity index (χ4v) is 7.50. The van der Waals surface area contributed by atoms with Crippen LogP contribution in [0.25, 0.3) is 0 Å². The molecule has 1 N–H and O–H groups in total. The maximum absolute atomic E-state index is 13.1. The number of hydrogen-bond donors (Lipinski definition) is 1. The Morgan fingerprint density at radius 3 is 2.77 bits per heavy atom. The van der Waals surface area contributed by atoms with Crippen LogP contribution in [0.1, 0.15) is 44.3 Å². The summed E-state index contributed by atoms with van der Waals surface area (Å²) in [6.07, 6.45) is 7.49. The lowest BCUT2D eigenvalue weighted by molar-refractivity contribution is -0.133. The molecule has 2 aromatic heterocycles. The van der Waals surface area contributed by atoms with E-state index in [2.05, 4.69) is 15.5 Å². The summed E-state index contributed by atoms with van der Waals surface area (Å²) in [5, 5.41) is 12.1. The molecule has 30 heavy (non-hydrogen) atoms. The lowest BCUT2D eigenvalue weighted by atomic mass is 9.93. The van der Waals surface area contributed by atoms with Gasteiger partial charge in [0.2, 0.25) is 11.0 Å². The number of furan rings is 1. The first kappa shape index (κ1) is 21.6. The summed E-state index contributed by atoms with van der Waals surface area (Å²) in [6, 6.07) is 3.68. The van der Waals surface area contributed by atoms with Crippen molar-refractivity contribution >= 4 is 44.0 Å². The molecule has 0 unspecified atom stereocenters. The number of carbonyl (C=O) groups excluding carboxylic acids is 1. The summed E-state index contributed by atoms with van der Waals surface area (Å²) in [5.41, 5.74) is 0. The number of hydrogen-bond acceptors (Lipinski definition) is 9. The zero-order valence-corrected chi connectivity index (χ0v) is 19.1. The second-order valence-corrected chi connectivity index (χ2v) is 12.2. The summed E-state index contributed by atoms with van der Waals surface area (Å²) in [7, 11) is -3.04. The minimum atomic E-state index is -3.04. The predicted octanol–water partition coefficient (Wildman–Crippen LogP) is 3.18. The van der Waals surface area contributed by atoms with E-state index in [0.29, 0.717) is 22.4 Å². The maximum atomic E-state index is 13.1. The van der Waals surface area contributed by atoms with Crippen molar-refractivity contribution in [2.24, 2.45) is 0 Å². The predicted molar refractivity (Wildman–Crippen MR) is 117 cm³/mol. The average Bonchev–Trinajstić information content (AvgIpc) is 3.47. The van der Waals surface area contributed by atoms with E-state index in [0.717, 1.165) is 31.4 Å². The van der Waals surface area contributed by atoms with E-state index in [1.165, 1.54) is 29.5 Å². The van der Waals surface area contributed by atoms with Gasteiger partial charge in [-0.1, -0.05) is 42.4 Å². The van der Waals surface area contributed by atoms with Gasteiger partial charge in [0.25, 0.3) is 0 Å². The number of anilines is 1. The highest BCUT2D eigenvalue weighted by Crippen LogP contribution is 2.31. The molecule has 164 valence electrons. The smallest absolute Gasteiger partial charge is 0.233 e. The molecule has 1 saturated heterocycles. The largest absolute Gasteiger partial charge is 0.467 e. The van der Waals surface area contributed by atoms with Crippen LogP contribution in [0.4, 0.5) is 5.13 Å². The van der Waals surface area contributed by atoms with Crippen LogP contribution in [-0.2, 0) is 21.2 Å².